The zero-order valence-electron chi connectivity index (χ0n) is 26.8. The molecule has 0 aromatic heterocycles. The zero-order chi connectivity index (χ0) is 29.1. The van der Waals surface area contributed by atoms with Crippen molar-refractivity contribution in [3.05, 3.63) is 130 Å². The molecule has 0 spiro atoms. The van der Waals surface area contributed by atoms with E-state index in [2.05, 4.69) is 109 Å². The van der Waals surface area contributed by atoms with Crippen molar-refractivity contribution in [1.29, 1.82) is 0 Å². The number of halogens is 2. The molecule has 236 valence electrons. The van der Waals surface area contributed by atoms with E-state index in [1.807, 2.05) is 11.1 Å². The molecule has 0 N–H and O–H groups in total. The fourth-order valence-corrected chi connectivity index (χ4v) is 33.3. The Morgan fingerprint density at radius 3 is 1.22 bits per heavy atom. The van der Waals surface area contributed by atoms with Gasteiger partial charge < -0.3 is 0 Å². The summed E-state index contributed by atoms with van der Waals surface area (Å²) in [5, 5.41) is 0. The van der Waals surface area contributed by atoms with E-state index >= 15 is 0 Å². The Labute approximate surface area is 293 Å². The molecule has 2 unspecified atom stereocenters. The van der Waals surface area contributed by atoms with Gasteiger partial charge in [0, 0.05) is 0 Å². The summed E-state index contributed by atoms with van der Waals surface area (Å²) in [6.45, 7) is 0. The van der Waals surface area contributed by atoms with Gasteiger partial charge in [0.05, 0.1) is 0 Å². The summed E-state index contributed by atoms with van der Waals surface area (Å²) < 4.78 is 4.64. The monoisotopic (exact) mass is 812 g/mol. The Balaban J connectivity index is 0.00000169. The third-order valence-corrected chi connectivity index (χ3v) is 34.6. The molecule has 4 aliphatic carbocycles. The van der Waals surface area contributed by atoms with E-state index in [-0.39, 0.29) is 24.8 Å². The van der Waals surface area contributed by atoms with Gasteiger partial charge in [0.1, 0.15) is 0 Å². The van der Waals surface area contributed by atoms with Crippen molar-refractivity contribution in [2.24, 2.45) is 11.8 Å². The summed E-state index contributed by atoms with van der Waals surface area (Å²) in [5.41, 5.74) is 16.1. The van der Waals surface area contributed by atoms with E-state index in [4.69, 9.17) is 0 Å². The predicted octanol–water partition coefficient (Wildman–Crippen LogP) is 13.2. The van der Waals surface area contributed by atoms with Gasteiger partial charge in [-0.1, -0.05) is 0 Å². The molecular formula is C43H46Cl2Hf. The van der Waals surface area contributed by atoms with Crippen LogP contribution in [0.3, 0.4) is 0 Å². The molecule has 1 heterocycles. The van der Waals surface area contributed by atoms with E-state index in [0.29, 0.717) is 0 Å². The molecule has 2 saturated carbocycles. The van der Waals surface area contributed by atoms with E-state index in [1.54, 1.807) is 30.6 Å². The number of benzene rings is 4. The minimum Gasteiger partial charge on any atom is -0.147 e. The van der Waals surface area contributed by atoms with Crippen molar-refractivity contribution in [2.75, 3.05) is 0 Å². The SMILES string of the molecule is C1=C(C2CCCC2)[CH]([Hf]2([CH]3C(C4CCCC4)=Cc4c(-c5ccccc5)cccc43)[CH2]C[CH2]2)c2cccc(-c3ccccc3)c21.Cl.Cl. The molecule has 4 aromatic rings. The quantitative estimate of drug-likeness (QED) is 0.170. The molecule has 0 amide bonds. The average Bonchev–Trinajstić information content (AvgIpc) is 3.88. The van der Waals surface area contributed by atoms with Crippen molar-refractivity contribution < 1.29 is 20.0 Å². The van der Waals surface area contributed by atoms with Crippen LogP contribution in [-0.2, 0) is 20.0 Å². The molecule has 3 fully saturated rings. The molecule has 46 heavy (non-hydrogen) atoms. The molecule has 5 aliphatic rings. The summed E-state index contributed by atoms with van der Waals surface area (Å²) in [4.78, 5) is 0. The molecule has 9 rings (SSSR count). The fourth-order valence-electron chi connectivity index (χ4n) is 10.4. The van der Waals surface area contributed by atoms with Gasteiger partial charge in [-0.25, -0.2) is 0 Å². The molecule has 0 nitrogen and oxygen atoms in total. The van der Waals surface area contributed by atoms with Crippen molar-refractivity contribution in [3.8, 4) is 22.3 Å². The van der Waals surface area contributed by atoms with E-state index in [1.165, 1.54) is 80.0 Å². The van der Waals surface area contributed by atoms with Crippen molar-refractivity contribution in [1.82, 2.24) is 0 Å². The Morgan fingerprint density at radius 1 is 0.435 bits per heavy atom. The summed E-state index contributed by atoms with van der Waals surface area (Å²) in [7, 11) is 0. The largest absolute Gasteiger partial charge is 0.147 e. The molecule has 2 atom stereocenters. The van der Waals surface area contributed by atoms with Crippen LogP contribution in [0.15, 0.2) is 108 Å². The van der Waals surface area contributed by atoms with E-state index in [0.717, 1.165) is 19.2 Å². The Kier molecular flexibility index (Phi) is 9.41. The van der Waals surface area contributed by atoms with Gasteiger partial charge >= 0.3 is 270 Å². The molecule has 3 heteroatoms. The van der Waals surface area contributed by atoms with Crippen molar-refractivity contribution in [3.63, 3.8) is 0 Å². The second-order valence-corrected chi connectivity index (χ2v) is 31.2. The second kappa shape index (κ2) is 13.4. The summed E-state index contributed by atoms with van der Waals surface area (Å²) in [5.74, 6) is 1.59. The average molecular weight is 812 g/mol. The molecule has 0 radical (unpaired) electrons. The van der Waals surface area contributed by atoms with Gasteiger partial charge in [-0.05, 0) is 0 Å². The Morgan fingerprint density at radius 2 is 0.848 bits per heavy atom. The van der Waals surface area contributed by atoms with Crippen LogP contribution in [0, 0.1) is 11.8 Å². The number of hydrogen-bond donors (Lipinski definition) is 0. The van der Waals surface area contributed by atoms with Gasteiger partial charge in [0.25, 0.3) is 0 Å². The molecule has 1 aliphatic heterocycles. The van der Waals surface area contributed by atoms with Crippen LogP contribution in [0.25, 0.3) is 34.4 Å². The molecular weight excluding hydrogens is 766 g/mol. The van der Waals surface area contributed by atoms with Crippen LogP contribution < -0.4 is 0 Å². The van der Waals surface area contributed by atoms with Crippen LogP contribution in [0.2, 0.25) is 8.35 Å². The maximum absolute atomic E-state index is 3.08. The maximum atomic E-state index is 2.77. The van der Waals surface area contributed by atoms with E-state index < -0.39 is 20.0 Å². The standard InChI is InChI=1S/2C20H19.C3H6.2ClH.Hf/c2*1-2-9-16(10-3-1)19-12-6-11-17-13-18(14-20(17)19)15-7-4-5-8-15;1-3-2;;;/h2*1-3,6,9-15H,4-5,7-8H2;1-3H2;2*1H;. The first-order valence-corrected chi connectivity index (χ1v) is 26.8. The normalized spacial score (nSPS) is 23.0. The third-order valence-electron chi connectivity index (χ3n) is 12.4. The molecule has 0 bridgehead atoms. The molecule has 4 aromatic carbocycles. The van der Waals surface area contributed by atoms with Gasteiger partial charge in [-0.3, -0.25) is 0 Å². The minimum atomic E-state index is -3.08. The van der Waals surface area contributed by atoms with Crippen molar-refractivity contribution in [2.45, 2.75) is 73.5 Å². The first-order valence-electron chi connectivity index (χ1n) is 17.6. The van der Waals surface area contributed by atoms with Crippen LogP contribution in [0.1, 0.15) is 87.4 Å². The van der Waals surface area contributed by atoms with Gasteiger partial charge in [-0.15, -0.1) is 24.8 Å². The number of rotatable bonds is 6. The van der Waals surface area contributed by atoms with Crippen LogP contribution in [-0.4, -0.2) is 0 Å². The van der Waals surface area contributed by atoms with E-state index in [9.17, 15) is 0 Å². The predicted molar refractivity (Wildman–Crippen MR) is 198 cm³/mol. The number of fused-ring (bicyclic) bond motifs is 2. The minimum absolute atomic E-state index is 0. The van der Waals surface area contributed by atoms with Gasteiger partial charge in [0.2, 0.25) is 0 Å². The molecule has 1 saturated heterocycles. The summed E-state index contributed by atoms with van der Waals surface area (Å²) in [6.07, 6.45) is 18.3. The fraction of sp³-hybridized carbons (Fsp3) is 0.349. The number of hydrogen-bond acceptors (Lipinski definition) is 0. The first kappa shape index (κ1) is 32.4. The van der Waals surface area contributed by atoms with Crippen LogP contribution >= 0.6 is 24.8 Å². The van der Waals surface area contributed by atoms with Gasteiger partial charge in [-0.2, -0.15) is 0 Å². The smallest absolute Gasteiger partial charge is 0.147 e. The Bertz CT molecular complexity index is 1630. The Hall–Kier alpha value is -2.19. The topological polar surface area (TPSA) is 0 Å². The summed E-state index contributed by atoms with van der Waals surface area (Å²) >= 11 is -3.08. The van der Waals surface area contributed by atoms with Crippen molar-refractivity contribution >= 4 is 37.0 Å². The van der Waals surface area contributed by atoms with Gasteiger partial charge in [0.15, 0.2) is 0 Å². The number of allylic oxidation sites excluding steroid dienone is 2. The first-order chi connectivity index (χ1) is 21.8. The van der Waals surface area contributed by atoms with Crippen LogP contribution in [0.4, 0.5) is 0 Å². The maximum Gasteiger partial charge on any atom is -0.147 e. The zero-order valence-corrected chi connectivity index (χ0v) is 32.0. The third kappa shape index (κ3) is 5.19. The second-order valence-electron chi connectivity index (χ2n) is 14.6. The summed E-state index contributed by atoms with van der Waals surface area (Å²) in [6, 6.07) is 37.3. The van der Waals surface area contributed by atoms with Crippen LogP contribution in [0.5, 0.6) is 0 Å².